The first kappa shape index (κ1) is 15.7. The molecule has 1 aromatic carbocycles. The van der Waals surface area contributed by atoms with Gasteiger partial charge in [-0.3, -0.25) is 0 Å². The molecule has 0 aliphatic carbocycles. The molecule has 2 aromatic rings. The molecule has 0 saturated carbocycles. The van der Waals surface area contributed by atoms with E-state index in [1.807, 2.05) is 19.1 Å². The number of phenols is 1. The van der Waals surface area contributed by atoms with Crippen LogP contribution in [0.25, 0.3) is 11.4 Å². The third-order valence-electron chi connectivity index (χ3n) is 3.91. The summed E-state index contributed by atoms with van der Waals surface area (Å²) in [5.41, 5.74) is 1.45. The van der Waals surface area contributed by atoms with Crippen LogP contribution in [-0.2, 0) is 4.74 Å². The lowest BCUT2D eigenvalue weighted by atomic mass is 10.1. The zero-order valence-corrected chi connectivity index (χ0v) is 13.1. The standard InChI is InChI=1S/C17H21N3O3/c1-12-8-16(20-6-7-23-11-13(9-20)10-21)19-17(18-12)14-4-2-3-5-15(14)22/h2-5,8,13,21-22H,6-7,9-11H2,1H3/t13-/m0/s1. The molecule has 1 fully saturated rings. The normalized spacial score (nSPS) is 18.7. The molecule has 0 radical (unpaired) electrons. The number of aliphatic hydroxyl groups excluding tert-OH is 1. The SMILES string of the molecule is Cc1cc(N2CCOC[C@H](CO)C2)nc(-c2ccccc2O)n1. The molecule has 6 nitrogen and oxygen atoms in total. The highest BCUT2D eigenvalue weighted by molar-refractivity contribution is 5.65. The zero-order chi connectivity index (χ0) is 16.2. The van der Waals surface area contributed by atoms with Crippen LogP contribution in [0.1, 0.15) is 5.69 Å². The van der Waals surface area contributed by atoms with Crippen LogP contribution < -0.4 is 4.90 Å². The van der Waals surface area contributed by atoms with Crippen molar-refractivity contribution in [2.75, 3.05) is 37.8 Å². The van der Waals surface area contributed by atoms with Crippen molar-refractivity contribution in [3.63, 3.8) is 0 Å². The fourth-order valence-electron chi connectivity index (χ4n) is 2.70. The summed E-state index contributed by atoms with van der Waals surface area (Å²) in [4.78, 5) is 11.2. The Balaban J connectivity index is 1.95. The zero-order valence-electron chi connectivity index (χ0n) is 13.1. The Kier molecular flexibility index (Phi) is 4.73. The number of rotatable bonds is 3. The Hall–Kier alpha value is -2.18. The van der Waals surface area contributed by atoms with E-state index in [0.717, 1.165) is 11.5 Å². The van der Waals surface area contributed by atoms with Crippen molar-refractivity contribution < 1.29 is 14.9 Å². The summed E-state index contributed by atoms with van der Waals surface area (Å²) in [5.74, 6) is 1.53. The van der Waals surface area contributed by atoms with Gasteiger partial charge < -0.3 is 19.8 Å². The first-order valence-corrected chi connectivity index (χ1v) is 7.75. The van der Waals surface area contributed by atoms with E-state index in [-0.39, 0.29) is 18.3 Å². The molecule has 0 amide bonds. The Morgan fingerprint density at radius 1 is 1.30 bits per heavy atom. The van der Waals surface area contributed by atoms with Crippen LogP contribution in [0.2, 0.25) is 0 Å². The summed E-state index contributed by atoms with van der Waals surface area (Å²) >= 11 is 0. The predicted molar refractivity (Wildman–Crippen MR) is 87.5 cm³/mol. The van der Waals surface area contributed by atoms with Gasteiger partial charge in [-0.1, -0.05) is 12.1 Å². The number of hydrogen-bond acceptors (Lipinski definition) is 6. The minimum atomic E-state index is 0.0707. The molecule has 1 aliphatic heterocycles. The second kappa shape index (κ2) is 6.93. The van der Waals surface area contributed by atoms with Crippen molar-refractivity contribution in [1.82, 2.24) is 9.97 Å². The van der Waals surface area contributed by atoms with Gasteiger partial charge in [0.1, 0.15) is 11.6 Å². The van der Waals surface area contributed by atoms with Crippen molar-refractivity contribution in [1.29, 1.82) is 0 Å². The first-order valence-electron chi connectivity index (χ1n) is 7.75. The number of aliphatic hydroxyl groups is 1. The lowest BCUT2D eigenvalue weighted by Gasteiger charge is -2.24. The summed E-state index contributed by atoms with van der Waals surface area (Å²) < 4.78 is 5.53. The Bertz CT molecular complexity index is 678. The predicted octanol–water partition coefficient (Wildman–Crippen LogP) is 1.60. The van der Waals surface area contributed by atoms with E-state index in [4.69, 9.17) is 4.74 Å². The average Bonchev–Trinajstić information content (AvgIpc) is 2.80. The van der Waals surface area contributed by atoms with Crippen LogP contribution in [-0.4, -0.2) is 53.1 Å². The molecule has 1 aromatic heterocycles. The molecular formula is C17H21N3O3. The molecule has 0 spiro atoms. The number of para-hydroxylation sites is 1. The van der Waals surface area contributed by atoms with Crippen LogP contribution in [0.5, 0.6) is 5.75 Å². The molecule has 0 unspecified atom stereocenters. The smallest absolute Gasteiger partial charge is 0.165 e. The van der Waals surface area contributed by atoms with Crippen molar-refractivity contribution >= 4 is 5.82 Å². The maximum absolute atomic E-state index is 10.0. The van der Waals surface area contributed by atoms with Gasteiger partial charge in [0, 0.05) is 37.4 Å². The molecule has 1 aliphatic rings. The molecule has 122 valence electrons. The molecule has 6 heteroatoms. The van der Waals surface area contributed by atoms with Gasteiger partial charge >= 0.3 is 0 Å². The Labute approximate surface area is 135 Å². The number of benzene rings is 1. The fourth-order valence-corrected chi connectivity index (χ4v) is 2.70. The van der Waals surface area contributed by atoms with Crippen molar-refractivity contribution in [3.05, 3.63) is 36.0 Å². The van der Waals surface area contributed by atoms with Gasteiger partial charge in [-0.05, 0) is 19.1 Å². The van der Waals surface area contributed by atoms with E-state index in [1.165, 1.54) is 0 Å². The lowest BCUT2D eigenvalue weighted by molar-refractivity contribution is 0.0959. The van der Waals surface area contributed by atoms with Gasteiger partial charge in [0.15, 0.2) is 5.82 Å². The van der Waals surface area contributed by atoms with E-state index in [2.05, 4.69) is 14.9 Å². The number of phenolic OH excluding ortho intramolecular Hbond substituents is 1. The van der Waals surface area contributed by atoms with Crippen LogP contribution >= 0.6 is 0 Å². The fraction of sp³-hybridized carbons (Fsp3) is 0.412. The number of aromatic hydroxyl groups is 1. The quantitative estimate of drug-likeness (QED) is 0.896. The summed E-state index contributed by atoms with van der Waals surface area (Å²) in [7, 11) is 0. The number of aromatic nitrogens is 2. The van der Waals surface area contributed by atoms with E-state index in [0.29, 0.717) is 37.7 Å². The molecule has 2 N–H and O–H groups in total. The summed E-state index contributed by atoms with van der Waals surface area (Å²) in [6.45, 7) is 4.56. The monoisotopic (exact) mass is 315 g/mol. The summed E-state index contributed by atoms with van der Waals surface area (Å²) in [6.07, 6.45) is 0. The van der Waals surface area contributed by atoms with Gasteiger partial charge in [-0.15, -0.1) is 0 Å². The second-order valence-electron chi connectivity index (χ2n) is 5.78. The molecule has 1 saturated heterocycles. The third kappa shape index (κ3) is 3.60. The maximum Gasteiger partial charge on any atom is 0.165 e. The molecule has 3 rings (SSSR count). The van der Waals surface area contributed by atoms with Crippen LogP contribution in [0.3, 0.4) is 0 Å². The average molecular weight is 315 g/mol. The highest BCUT2D eigenvalue weighted by atomic mass is 16.5. The number of aryl methyl sites for hydroxylation is 1. The van der Waals surface area contributed by atoms with Gasteiger partial charge in [0.2, 0.25) is 0 Å². The van der Waals surface area contributed by atoms with Crippen LogP contribution in [0.4, 0.5) is 5.82 Å². The highest BCUT2D eigenvalue weighted by Crippen LogP contribution is 2.28. The van der Waals surface area contributed by atoms with Crippen LogP contribution in [0, 0.1) is 12.8 Å². The van der Waals surface area contributed by atoms with Gasteiger partial charge in [-0.2, -0.15) is 0 Å². The number of nitrogens with zero attached hydrogens (tertiary/aromatic N) is 3. The lowest BCUT2D eigenvalue weighted by Crippen LogP contribution is -2.32. The Morgan fingerprint density at radius 3 is 2.91 bits per heavy atom. The molecule has 23 heavy (non-hydrogen) atoms. The maximum atomic E-state index is 10.0. The van der Waals surface area contributed by atoms with Gasteiger partial charge in [0.05, 0.1) is 18.8 Å². The van der Waals surface area contributed by atoms with E-state index < -0.39 is 0 Å². The number of ether oxygens (including phenoxy) is 1. The Morgan fingerprint density at radius 2 is 2.13 bits per heavy atom. The van der Waals surface area contributed by atoms with E-state index in [1.54, 1.807) is 18.2 Å². The van der Waals surface area contributed by atoms with Crippen molar-refractivity contribution in [2.45, 2.75) is 6.92 Å². The first-order chi connectivity index (χ1) is 11.2. The minimum absolute atomic E-state index is 0.0707. The van der Waals surface area contributed by atoms with Gasteiger partial charge in [-0.25, -0.2) is 9.97 Å². The number of anilines is 1. The van der Waals surface area contributed by atoms with Crippen molar-refractivity contribution in [2.24, 2.45) is 5.92 Å². The van der Waals surface area contributed by atoms with Crippen molar-refractivity contribution in [3.8, 4) is 17.1 Å². The van der Waals surface area contributed by atoms with Gasteiger partial charge in [0.25, 0.3) is 0 Å². The minimum Gasteiger partial charge on any atom is -0.507 e. The van der Waals surface area contributed by atoms with E-state index in [9.17, 15) is 10.2 Å². The summed E-state index contributed by atoms with van der Waals surface area (Å²) in [5, 5.41) is 19.5. The largest absolute Gasteiger partial charge is 0.507 e. The molecular weight excluding hydrogens is 294 g/mol. The molecule has 0 bridgehead atoms. The summed E-state index contributed by atoms with van der Waals surface area (Å²) in [6, 6.07) is 8.97. The van der Waals surface area contributed by atoms with E-state index >= 15 is 0 Å². The van der Waals surface area contributed by atoms with Crippen LogP contribution in [0.15, 0.2) is 30.3 Å². The molecule has 1 atom stereocenters. The molecule has 2 heterocycles. The topological polar surface area (TPSA) is 78.7 Å². The second-order valence-corrected chi connectivity index (χ2v) is 5.78. The number of hydrogen-bond donors (Lipinski definition) is 2. The third-order valence-corrected chi connectivity index (χ3v) is 3.91. The highest BCUT2D eigenvalue weighted by Gasteiger charge is 2.20.